The number of amides is 1. The molecule has 0 atom stereocenters. The number of carbonyl (C=O) groups excluding carboxylic acids is 1. The van der Waals surface area contributed by atoms with E-state index in [-0.39, 0.29) is 31.1 Å². The number of halogens is 3. The first kappa shape index (κ1) is 14.8. The quantitative estimate of drug-likeness (QED) is 0.763. The third kappa shape index (κ3) is 4.19. The van der Waals surface area contributed by atoms with Gasteiger partial charge in [0, 0.05) is 26.1 Å². The Labute approximate surface area is 113 Å². The summed E-state index contributed by atoms with van der Waals surface area (Å²) in [4.78, 5) is 11.7. The molecule has 9 heteroatoms. The van der Waals surface area contributed by atoms with Crippen molar-refractivity contribution >= 4 is 5.91 Å². The van der Waals surface area contributed by atoms with Gasteiger partial charge in [0.1, 0.15) is 0 Å². The average molecular weight is 291 g/mol. The molecule has 0 spiro atoms. The highest BCUT2D eigenvalue weighted by atomic mass is 19.4. The average Bonchev–Trinajstić information content (AvgIpc) is 2.73. The van der Waals surface area contributed by atoms with Gasteiger partial charge in [-0.3, -0.25) is 4.79 Å². The van der Waals surface area contributed by atoms with Crippen LogP contribution in [0.25, 0.3) is 0 Å². The van der Waals surface area contributed by atoms with Crippen molar-refractivity contribution in [1.82, 2.24) is 25.6 Å². The van der Waals surface area contributed by atoms with E-state index in [1.54, 1.807) is 10.9 Å². The zero-order valence-corrected chi connectivity index (χ0v) is 10.8. The summed E-state index contributed by atoms with van der Waals surface area (Å²) >= 11 is 0. The third-order valence-corrected chi connectivity index (χ3v) is 3.05. The molecular weight excluding hydrogens is 275 g/mol. The summed E-state index contributed by atoms with van der Waals surface area (Å²) < 4.78 is 37.4. The molecule has 0 unspecified atom stereocenters. The van der Waals surface area contributed by atoms with E-state index in [0.717, 1.165) is 13.1 Å². The fraction of sp³-hybridized carbons (Fsp3) is 0.727. The molecule has 0 bridgehead atoms. The van der Waals surface area contributed by atoms with Crippen molar-refractivity contribution in [2.45, 2.75) is 31.5 Å². The van der Waals surface area contributed by atoms with Crippen molar-refractivity contribution < 1.29 is 18.0 Å². The molecule has 0 aromatic carbocycles. The molecule has 1 fully saturated rings. The number of nitrogens with one attached hydrogen (secondary N) is 2. The Morgan fingerprint density at radius 3 is 2.80 bits per heavy atom. The highest BCUT2D eigenvalue weighted by Gasteiger charge is 2.26. The van der Waals surface area contributed by atoms with Crippen LogP contribution in [0.2, 0.25) is 0 Å². The first-order valence-electron chi connectivity index (χ1n) is 6.43. The van der Waals surface area contributed by atoms with E-state index >= 15 is 0 Å². The summed E-state index contributed by atoms with van der Waals surface area (Å²) in [5.74, 6) is -0.407. The third-order valence-electron chi connectivity index (χ3n) is 3.05. The second-order valence-corrected chi connectivity index (χ2v) is 4.72. The molecule has 1 aromatic rings. The molecule has 0 saturated carbocycles. The second-order valence-electron chi connectivity index (χ2n) is 4.72. The predicted molar refractivity (Wildman–Crippen MR) is 64.2 cm³/mol. The molecule has 1 saturated heterocycles. The summed E-state index contributed by atoms with van der Waals surface area (Å²) in [5.41, 5.74) is 0.188. The van der Waals surface area contributed by atoms with Crippen LogP contribution in [0.15, 0.2) is 6.20 Å². The van der Waals surface area contributed by atoms with Gasteiger partial charge in [0.2, 0.25) is 0 Å². The molecule has 2 N–H and O–H groups in total. The van der Waals surface area contributed by atoms with Crippen LogP contribution in [-0.2, 0) is 0 Å². The topological polar surface area (TPSA) is 71.8 Å². The maximum atomic E-state index is 11.9. The molecule has 2 heterocycles. The SMILES string of the molecule is O=C(NCCCCC(F)(F)F)c1cn(C2CNC2)nn1. The summed E-state index contributed by atoms with van der Waals surface area (Å²) in [6, 6.07) is 0.218. The molecular formula is C11H16F3N5O. The Morgan fingerprint density at radius 1 is 1.45 bits per heavy atom. The highest BCUT2D eigenvalue weighted by molar-refractivity contribution is 5.91. The van der Waals surface area contributed by atoms with Gasteiger partial charge in [-0.15, -0.1) is 5.10 Å². The Hall–Kier alpha value is -1.64. The first-order valence-corrected chi connectivity index (χ1v) is 6.43. The molecule has 2 rings (SSSR count). The smallest absolute Gasteiger partial charge is 0.351 e. The van der Waals surface area contributed by atoms with E-state index in [1.165, 1.54) is 0 Å². The lowest BCUT2D eigenvalue weighted by molar-refractivity contribution is -0.135. The summed E-state index contributed by atoms with van der Waals surface area (Å²) in [6.07, 6.45) is -3.12. The Balaban J connectivity index is 1.68. The predicted octanol–water partition coefficient (Wildman–Crippen LogP) is 0.885. The summed E-state index contributed by atoms with van der Waals surface area (Å²) in [7, 11) is 0. The second kappa shape index (κ2) is 6.21. The minimum Gasteiger partial charge on any atom is -0.351 e. The number of aromatic nitrogens is 3. The largest absolute Gasteiger partial charge is 0.389 e. The number of alkyl halides is 3. The van der Waals surface area contributed by atoms with Gasteiger partial charge in [-0.25, -0.2) is 4.68 Å². The lowest BCUT2D eigenvalue weighted by Crippen LogP contribution is -2.43. The summed E-state index contributed by atoms with van der Waals surface area (Å²) in [6.45, 7) is 1.79. The van der Waals surface area contributed by atoms with E-state index in [0.29, 0.717) is 0 Å². The fourth-order valence-electron chi connectivity index (χ4n) is 1.76. The Morgan fingerprint density at radius 2 is 2.20 bits per heavy atom. The number of hydrogen-bond donors (Lipinski definition) is 2. The molecule has 20 heavy (non-hydrogen) atoms. The normalized spacial score (nSPS) is 15.9. The lowest BCUT2D eigenvalue weighted by atomic mass is 10.2. The monoisotopic (exact) mass is 291 g/mol. The minimum absolute atomic E-state index is 0.00418. The van der Waals surface area contributed by atoms with Gasteiger partial charge >= 0.3 is 6.18 Å². The van der Waals surface area contributed by atoms with Crippen LogP contribution < -0.4 is 10.6 Å². The van der Waals surface area contributed by atoms with E-state index in [9.17, 15) is 18.0 Å². The van der Waals surface area contributed by atoms with Crippen molar-refractivity contribution in [1.29, 1.82) is 0 Å². The zero-order chi connectivity index (χ0) is 14.6. The van der Waals surface area contributed by atoms with E-state index in [4.69, 9.17) is 0 Å². The fourth-order valence-corrected chi connectivity index (χ4v) is 1.76. The number of hydrogen-bond acceptors (Lipinski definition) is 4. The van der Waals surface area contributed by atoms with Gasteiger partial charge in [-0.2, -0.15) is 13.2 Å². The number of unbranched alkanes of at least 4 members (excludes halogenated alkanes) is 1. The lowest BCUT2D eigenvalue weighted by Gasteiger charge is -2.26. The van der Waals surface area contributed by atoms with Gasteiger partial charge < -0.3 is 10.6 Å². The van der Waals surface area contributed by atoms with Crippen molar-refractivity contribution in [3.63, 3.8) is 0 Å². The standard InChI is InChI=1S/C11H16F3N5O/c12-11(13,14)3-1-2-4-16-10(20)9-7-19(18-17-9)8-5-15-6-8/h7-8,15H,1-6H2,(H,16,20). The molecule has 1 amide bonds. The molecule has 6 nitrogen and oxygen atoms in total. The van der Waals surface area contributed by atoms with Crippen molar-refractivity contribution in [2.24, 2.45) is 0 Å². The Bertz CT molecular complexity index is 455. The number of carbonyl (C=O) groups is 1. The van der Waals surface area contributed by atoms with Gasteiger partial charge in [-0.05, 0) is 12.8 Å². The summed E-state index contributed by atoms with van der Waals surface area (Å²) in [5, 5.41) is 13.2. The molecule has 0 aliphatic carbocycles. The molecule has 1 aliphatic rings. The van der Waals surface area contributed by atoms with Gasteiger partial charge in [0.15, 0.2) is 5.69 Å². The molecule has 0 radical (unpaired) electrons. The van der Waals surface area contributed by atoms with Crippen LogP contribution in [-0.4, -0.2) is 46.7 Å². The zero-order valence-electron chi connectivity index (χ0n) is 10.8. The number of rotatable bonds is 6. The van der Waals surface area contributed by atoms with Gasteiger partial charge in [0.25, 0.3) is 5.91 Å². The Kier molecular flexibility index (Phi) is 4.58. The number of nitrogens with zero attached hydrogens (tertiary/aromatic N) is 3. The van der Waals surface area contributed by atoms with Crippen LogP contribution in [0.5, 0.6) is 0 Å². The molecule has 1 aromatic heterocycles. The van der Waals surface area contributed by atoms with Crippen LogP contribution in [0.1, 0.15) is 35.8 Å². The van der Waals surface area contributed by atoms with Gasteiger partial charge in [0.05, 0.1) is 12.2 Å². The van der Waals surface area contributed by atoms with Crippen LogP contribution in [0, 0.1) is 0 Å². The van der Waals surface area contributed by atoms with Crippen LogP contribution in [0.4, 0.5) is 13.2 Å². The molecule has 112 valence electrons. The van der Waals surface area contributed by atoms with Crippen LogP contribution in [0.3, 0.4) is 0 Å². The van der Waals surface area contributed by atoms with Crippen LogP contribution >= 0.6 is 0 Å². The van der Waals surface area contributed by atoms with E-state index < -0.39 is 18.5 Å². The maximum absolute atomic E-state index is 11.9. The minimum atomic E-state index is -4.14. The first-order chi connectivity index (χ1) is 9.46. The van der Waals surface area contributed by atoms with Crippen molar-refractivity contribution in [2.75, 3.05) is 19.6 Å². The van der Waals surface area contributed by atoms with Gasteiger partial charge in [-0.1, -0.05) is 5.21 Å². The van der Waals surface area contributed by atoms with E-state index in [2.05, 4.69) is 20.9 Å². The van der Waals surface area contributed by atoms with Crippen molar-refractivity contribution in [3.8, 4) is 0 Å². The maximum Gasteiger partial charge on any atom is 0.389 e. The highest BCUT2D eigenvalue weighted by Crippen LogP contribution is 2.21. The molecule has 1 aliphatic heterocycles. The van der Waals surface area contributed by atoms with E-state index in [1.807, 2.05) is 0 Å². The van der Waals surface area contributed by atoms with Crippen molar-refractivity contribution in [3.05, 3.63) is 11.9 Å².